The summed E-state index contributed by atoms with van der Waals surface area (Å²) in [6.07, 6.45) is 3.45. The van der Waals surface area contributed by atoms with E-state index in [1.54, 1.807) is 12.5 Å². The molecule has 0 bridgehead atoms. The maximum atomic E-state index is 10.9. The number of para-hydroxylation sites is 1. The number of amides is 1. The summed E-state index contributed by atoms with van der Waals surface area (Å²) >= 11 is 0. The molecular formula is C14H17N4O2RbW. The molecule has 8 heteroatoms. The van der Waals surface area contributed by atoms with Crippen molar-refractivity contribution in [2.24, 2.45) is 0 Å². The SMILES string of the molecule is C[N-]Cn1[c-]c(C[N-]CCC(=O)NO)c2ccccc21.[Rb+].[W+2]. The van der Waals surface area contributed by atoms with Gasteiger partial charge in [-0.1, -0.05) is 18.8 Å². The zero-order chi connectivity index (χ0) is 14.4. The van der Waals surface area contributed by atoms with Gasteiger partial charge >= 0.3 is 79.3 Å². The topological polar surface area (TPSA) is 82.5 Å². The Balaban J connectivity index is 0.00000220. The van der Waals surface area contributed by atoms with Crippen molar-refractivity contribution in [3.8, 4) is 0 Å². The molecule has 22 heavy (non-hydrogen) atoms. The van der Waals surface area contributed by atoms with Crippen LogP contribution in [0.15, 0.2) is 24.3 Å². The van der Waals surface area contributed by atoms with Gasteiger partial charge in [0.1, 0.15) is 0 Å². The summed E-state index contributed by atoms with van der Waals surface area (Å²) in [5.41, 5.74) is 3.66. The number of fused-ring (bicyclic) bond motifs is 1. The zero-order valence-electron chi connectivity index (χ0n) is 12.7. The second kappa shape index (κ2) is 12.0. The van der Waals surface area contributed by atoms with Gasteiger partial charge in [-0.25, -0.2) is 5.48 Å². The van der Waals surface area contributed by atoms with Crippen molar-refractivity contribution in [3.05, 3.63) is 46.7 Å². The fraction of sp³-hybridized carbons (Fsp3) is 0.357. The summed E-state index contributed by atoms with van der Waals surface area (Å²) in [7, 11) is 1.76. The molecule has 112 valence electrons. The molecule has 2 rings (SSSR count). The Bertz CT molecular complexity index is 591. The van der Waals surface area contributed by atoms with Crippen molar-refractivity contribution >= 4 is 16.8 Å². The van der Waals surface area contributed by atoms with Crippen molar-refractivity contribution < 1.29 is 89.3 Å². The van der Waals surface area contributed by atoms with Crippen LogP contribution < -0.4 is 63.7 Å². The van der Waals surface area contributed by atoms with E-state index in [4.69, 9.17) is 5.21 Å². The summed E-state index contributed by atoms with van der Waals surface area (Å²) in [5, 5.41) is 17.9. The summed E-state index contributed by atoms with van der Waals surface area (Å²) in [6.45, 7) is 1.43. The molecule has 0 atom stereocenters. The van der Waals surface area contributed by atoms with E-state index >= 15 is 0 Å². The molecule has 1 aromatic carbocycles. The van der Waals surface area contributed by atoms with Crippen LogP contribution in [-0.4, -0.2) is 29.3 Å². The van der Waals surface area contributed by atoms with Crippen LogP contribution in [0.3, 0.4) is 0 Å². The fourth-order valence-electron chi connectivity index (χ4n) is 2.05. The molecular weight excluding hydrogens is 525 g/mol. The number of carbonyl (C=O) groups excluding carboxylic acids is 1. The predicted molar refractivity (Wildman–Crippen MR) is 76.5 cm³/mol. The standard InChI is InChI=1S/C14H17N4O2.Rb.W/c1-15-10-18-9-11(8-16-7-6-14(19)17-20)12-4-2-3-5-13(12)18;;/h2-5,20H,6-8,10H2,1H3,(H,17,19);;/q-3;+1;+2. The third-order valence-electron chi connectivity index (χ3n) is 2.96. The minimum atomic E-state index is -0.426. The molecule has 0 fully saturated rings. The molecule has 1 heterocycles. The maximum absolute atomic E-state index is 10.9. The minimum absolute atomic E-state index is 0. The van der Waals surface area contributed by atoms with Gasteiger partial charge in [0, 0.05) is 6.42 Å². The van der Waals surface area contributed by atoms with Crippen LogP contribution >= 0.6 is 0 Å². The van der Waals surface area contributed by atoms with Crippen molar-refractivity contribution in [2.75, 3.05) is 13.6 Å². The van der Waals surface area contributed by atoms with Crippen LogP contribution in [0.25, 0.3) is 21.5 Å². The van der Waals surface area contributed by atoms with Crippen LogP contribution in [0.5, 0.6) is 0 Å². The summed E-state index contributed by atoms with van der Waals surface area (Å²) in [6, 6.07) is 8.02. The number of hydrogen-bond acceptors (Lipinski definition) is 2. The number of rotatable bonds is 7. The Morgan fingerprint density at radius 1 is 1.41 bits per heavy atom. The Morgan fingerprint density at radius 3 is 2.82 bits per heavy atom. The number of hydrogen-bond donors (Lipinski definition) is 2. The van der Waals surface area contributed by atoms with Gasteiger partial charge in [0.15, 0.2) is 0 Å². The third kappa shape index (κ3) is 6.25. The molecule has 0 spiro atoms. The van der Waals surface area contributed by atoms with E-state index < -0.39 is 5.91 Å². The Hall–Kier alpha value is 0.604. The Kier molecular flexibility index (Phi) is 12.4. The van der Waals surface area contributed by atoms with Gasteiger partial charge in [-0.2, -0.15) is 18.0 Å². The molecule has 1 amide bonds. The molecule has 0 aliphatic carbocycles. The molecule has 0 saturated heterocycles. The van der Waals surface area contributed by atoms with E-state index in [0.717, 1.165) is 16.5 Å². The van der Waals surface area contributed by atoms with Crippen LogP contribution in [0.2, 0.25) is 0 Å². The number of benzene rings is 1. The van der Waals surface area contributed by atoms with Crippen molar-refractivity contribution in [1.29, 1.82) is 0 Å². The number of aromatic nitrogens is 1. The van der Waals surface area contributed by atoms with Crippen molar-refractivity contribution in [1.82, 2.24) is 10.0 Å². The molecule has 0 aliphatic rings. The molecule has 0 saturated carbocycles. The molecule has 6 nitrogen and oxygen atoms in total. The first-order valence-corrected chi connectivity index (χ1v) is 6.37. The maximum Gasteiger partial charge on any atom is 2.00 e. The predicted octanol–water partition coefficient (Wildman–Crippen LogP) is -0.827. The quantitative estimate of drug-likeness (QED) is 0.207. The van der Waals surface area contributed by atoms with Crippen molar-refractivity contribution in [2.45, 2.75) is 19.6 Å². The van der Waals surface area contributed by atoms with E-state index in [2.05, 4.69) is 16.8 Å². The average molecular weight is 543 g/mol. The molecule has 0 aliphatic heterocycles. The molecule has 1 aromatic heterocycles. The van der Waals surface area contributed by atoms with Gasteiger partial charge in [-0.3, -0.25) is 10.0 Å². The normalized spacial score (nSPS) is 9.91. The molecule has 0 unspecified atom stereocenters. The largest absolute Gasteiger partial charge is 2.00 e. The Morgan fingerprint density at radius 2 is 2.14 bits per heavy atom. The van der Waals surface area contributed by atoms with Gasteiger partial charge in [0.05, 0.1) is 0 Å². The van der Waals surface area contributed by atoms with E-state index in [0.29, 0.717) is 19.8 Å². The van der Waals surface area contributed by atoms with Gasteiger partial charge in [-0.15, -0.1) is 36.9 Å². The molecule has 2 aromatic rings. The second-order valence-electron chi connectivity index (χ2n) is 4.38. The number of hydroxylamine groups is 1. The number of nitrogens with one attached hydrogen (secondary N) is 1. The van der Waals surface area contributed by atoms with Crippen LogP contribution in [0.4, 0.5) is 0 Å². The van der Waals surface area contributed by atoms with E-state index in [1.807, 2.05) is 28.8 Å². The van der Waals surface area contributed by atoms with E-state index in [9.17, 15) is 4.79 Å². The fourth-order valence-corrected chi connectivity index (χ4v) is 2.05. The third-order valence-corrected chi connectivity index (χ3v) is 2.96. The van der Waals surface area contributed by atoms with Crippen molar-refractivity contribution in [3.63, 3.8) is 0 Å². The first-order valence-electron chi connectivity index (χ1n) is 6.37. The molecule has 2 N–H and O–H groups in total. The van der Waals surface area contributed by atoms with Gasteiger partial charge in [0.2, 0.25) is 5.91 Å². The average Bonchev–Trinajstić information content (AvgIpc) is 2.82. The molecule has 0 radical (unpaired) electrons. The van der Waals surface area contributed by atoms with E-state index in [-0.39, 0.29) is 85.7 Å². The number of nitrogens with zero attached hydrogens (tertiary/aromatic N) is 3. The number of carbonyl (C=O) groups is 1. The zero-order valence-corrected chi connectivity index (χ0v) is 20.6. The van der Waals surface area contributed by atoms with Gasteiger partial charge < -0.3 is 15.2 Å². The summed E-state index contributed by atoms with van der Waals surface area (Å²) in [5.74, 6) is -0.426. The van der Waals surface area contributed by atoms with Crippen LogP contribution in [0, 0.1) is 6.20 Å². The van der Waals surface area contributed by atoms with Crippen LogP contribution in [-0.2, 0) is 39.1 Å². The van der Waals surface area contributed by atoms with Crippen LogP contribution in [0.1, 0.15) is 12.0 Å². The smallest absolute Gasteiger partial charge is 0.660 e. The van der Waals surface area contributed by atoms with E-state index in [1.165, 1.54) is 0 Å². The summed E-state index contributed by atoms with van der Waals surface area (Å²) < 4.78 is 1.96. The second-order valence-corrected chi connectivity index (χ2v) is 4.38. The first kappa shape index (κ1) is 22.6. The first-order chi connectivity index (χ1) is 9.76. The minimum Gasteiger partial charge on any atom is -0.660 e. The monoisotopic (exact) mass is 542 g/mol. The summed E-state index contributed by atoms with van der Waals surface area (Å²) in [4.78, 5) is 10.9. The van der Waals surface area contributed by atoms with Gasteiger partial charge in [-0.05, 0) is 0 Å². The Labute approximate surface area is 193 Å². The van der Waals surface area contributed by atoms with Gasteiger partial charge in [0.25, 0.3) is 0 Å².